The molecule has 0 saturated carbocycles. The first-order valence-electron chi connectivity index (χ1n) is 4.20. The molecule has 1 aromatic rings. The maximum absolute atomic E-state index is 11.6. The van der Waals surface area contributed by atoms with Gasteiger partial charge >= 0.3 is 0 Å². The van der Waals surface area contributed by atoms with Crippen molar-refractivity contribution < 1.29 is 4.79 Å². The molecule has 76 valence electrons. The molecule has 0 bridgehead atoms. The van der Waals surface area contributed by atoms with Crippen molar-refractivity contribution in [3.8, 4) is 0 Å². The molecule has 0 aromatic carbocycles. The van der Waals surface area contributed by atoms with Gasteiger partial charge in [0.05, 0.1) is 0 Å². The zero-order valence-corrected chi connectivity index (χ0v) is 8.88. The minimum Gasteiger partial charge on any atom is -0.337 e. The van der Waals surface area contributed by atoms with Crippen molar-refractivity contribution in [1.82, 2.24) is 9.88 Å². The number of nitrogens with zero attached hydrogens (tertiary/aromatic N) is 2. The predicted molar refractivity (Wildman–Crippen MR) is 57.2 cm³/mol. The lowest BCUT2D eigenvalue weighted by molar-refractivity contribution is 0.0805. The molecule has 0 unspecified atom stereocenters. The molecule has 0 fully saturated rings. The number of hydrogen-bond acceptors (Lipinski definition) is 4. The van der Waals surface area contributed by atoms with Gasteiger partial charge in [-0.25, -0.2) is 4.98 Å². The first-order valence-corrected chi connectivity index (χ1v) is 5.07. The average molecular weight is 211 g/mol. The number of aromatic nitrogens is 1. The van der Waals surface area contributed by atoms with Crippen LogP contribution in [0, 0.1) is 0 Å². The minimum atomic E-state index is -0.0964. The van der Waals surface area contributed by atoms with Gasteiger partial charge in [-0.3, -0.25) is 4.79 Å². The lowest BCUT2D eigenvalue weighted by Crippen LogP contribution is -2.27. The summed E-state index contributed by atoms with van der Waals surface area (Å²) in [5.74, 6) is -0.0964. The van der Waals surface area contributed by atoms with Crippen LogP contribution in [0.2, 0.25) is 0 Å². The molecule has 0 aliphatic heterocycles. The van der Waals surface area contributed by atoms with Crippen LogP contribution >= 0.6 is 11.3 Å². The molecule has 1 rings (SSSR count). The second-order valence-electron chi connectivity index (χ2n) is 2.80. The Kier molecular flexibility index (Phi) is 3.79. The van der Waals surface area contributed by atoms with Gasteiger partial charge in [-0.2, -0.15) is 0 Å². The van der Waals surface area contributed by atoms with E-state index in [0.717, 1.165) is 5.01 Å². The Morgan fingerprint density at radius 3 is 3.07 bits per heavy atom. The summed E-state index contributed by atoms with van der Waals surface area (Å²) >= 11 is 1.40. The Labute approximate surface area is 87.1 Å². The molecule has 14 heavy (non-hydrogen) atoms. The van der Waals surface area contributed by atoms with E-state index in [0.29, 0.717) is 18.8 Å². The number of rotatable bonds is 4. The summed E-state index contributed by atoms with van der Waals surface area (Å²) in [7, 11) is 1.71. The lowest BCUT2D eigenvalue weighted by Gasteiger charge is -2.12. The van der Waals surface area contributed by atoms with E-state index in [1.54, 1.807) is 23.4 Å². The molecule has 0 saturated heterocycles. The third-order valence-electron chi connectivity index (χ3n) is 1.70. The second kappa shape index (κ2) is 4.88. The standard InChI is InChI=1S/C9H13N3OS/c1-3-4-12(2)9(13)7-6-14-8(5-10)11-7/h3,6H,1,4-5,10H2,2H3. The number of hydrogen-bond donors (Lipinski definition) is 1. The summed E-state index contributed by atoms with van der Waals surface area (Å²) in [5.41, 5.74) is 5.86. The van der Waals surface area contributed by atoms with Crippen molar-refractivity contribution >= 4 is 17.2 Å². The van der Waals surface area contributed by atoms with E-state index in [9.17, 15) is 4.79 Å². The normalized spacial score (nSPS) is 9.86. The maximum atomic E-state index is 11.6. The number of amides is 1. The first-order chi connectivity index (χ1) is 6.69. The van der Waals surface area contributed by atoms with E-state index < -0.39 is 0 Å². The van der Waals surface area contributed by atoms with E-state index in [1.165, 1.54) is 11.3 Å². The molecular formula is C9H13N3OS. The van der Waals surface area contributed by atoms with Crippen LogP contribution in [-0.4, -0.2) is 29.4 Å². The third-order valence-corrected chi connectivity index (χ3v) is 2.57. The van der Waals surface area contributed by atoms with Crippen LogP contribution in [0.25, 0.3) is 0 Å². The van der Waals surface area contributed by atoms with Crippen LogP contribution in [0.15, 0.2) is 18.0 Å². The number of nitrogens with two attached hydrogens (primary N) is 1. The second-order valence-corrected chi connectivity index (χ2v) is 3.75. The molecule has 1 amide bonds. The molecule has 0 aliphatic rings. The largest absolute Gasteiger partial charge is 0.337 e. The molecule has 2 N–H and O–H groups in total. The first kappa shape index (κ1) is 10.9. The fourth-order valence-corrected chi connectivity index (χ4v) is 1.62. The average Bonchev–Trinajstić information content (AvgIpc) is 2.65. The van der Waals surface area contributed by atoms with Crippen LogP contribution in [0.1, 0.15) is 15.5 Å². The lowest BCUT2D eigenvalue weighted by atomic mass is 10.4. The topological polar surface area (TPSA) is 59.2 Å². The Hall–Kier alpha value is -1.20. The zero-order valence-electron chi connectivity index (χ0n) is 8.06. The Bertz CT molecular complexity index is 335. The van der Waals surface area contributed by atoms with E-state index in [-0.39, 0.29) is 5.91 Å². The van der Waals surface area contributed by atoms with Gasteiger partial charge in [0.25, 0.3) is 5.91 Å². The van der Waals surface area contributed by atoms with Crippen LogP contribution in [0.5, 0.6) is 0 Å². The van der Waals surface area contributed by atoms with E-state index >= 15 is 0 Å². The Morgan fingerprint density at radius 1 is 1.86 bits per heavy atom. The number of carbonyl (C=O) groups excluding carboxylic acids is 1. The van der Waals surface area contributed by atoms with Gasteiger partial charge in [0.15, 0.2) is 0 Å². The summed E-state index contributed by atoms with van der Waals surface area (Å²) in [6, 6.07) is 0. The Morgan fingerprint density at radius 2 is 2.57 bits per heavy atom. The molecule has 0 spiro atoms. The minimum absolute atomic E-state index is 0.0964. The summed E-state index contributed by atoms with van der Waals surface area (Å²) < 4.78 is 0. The van der Waals surface area contributed by atoms with Crippen molar-refractivity contribution in [3.63, 3.8) is 0 Å². The van der Waals surface area contributed by atoms with Crippen LogP contribution in [0.4, 0.5) is 0 Å². The summed E-state index contributed by atoms with van der Waals surface area (Å²) in [6.07, 6.45) is 1.67. The molecule has 1 heterocycles. The summed E-state index contributed by atoms with van der Waals surface area (Å²) in [5, 5.41) is 2.50. The van der Waals surface area contributed by atoms with Gasteiger partial charge < -0.3 is 10.6 Å². The van der Waals surface area contributed by atoms with E-state index in [2.05, 4.69) is 11.6 Å². The Balaban J connectivity index is 2.73. The molecule has 0 radical (unpaired) electrons. The van der Waals surface area contributed by atoms with Crippen LogP contribution in [-0.2, 0) is 6.54 Å². The van der Waals surface area contributed by atoms with Gasteiger partial charge in [-0.15, -0.1) is 17.9 Å². The zero-order chi connectivity index (χ0) is 10.6. The number of carbonyl (C=O) groups is 1. The highest BCUT2D eigenvalue weighted by Gasteiger charge is 2.13. The van der Waals surface area contributed by atoms with Gasteiger partial charge in [0.2, 0.25) is 0 Å². The highest BCUT2D eigenvalue weighted by Crippen LogP contribution is 2.10. The van der Waals surface area contributed by atoms with Gasteiger partial charge in [-0.05, 0) is 0 Å². The van der Waals surface area contributed by atoms with Gasteiger partial charge in [-0.1, -0.05) is 6.08 Å². The third kappa shape index (κ3) is 2.40. The van der Waals surface area contributed by atoms with Crippen molar-refractivity contribution in [1.29, 1.82) is 0 Å². The predicted octanol–water partition coefficient (Wildman–Crippen LogP) is 0.860. The fraction of sp³-hybridized carbons (Fsp3) is 0.333. The molecular weight excluding hydrogens is 198 g/mol. The SMILES string of the molecule is C=CCN(C)C(=O)c1csc(CN)n1. The van der Waals surface area contributed by atoms with Crippen LogP contribution in [0.3, 0.4) is 0 Å². The molecule has 0 atom stereocenters. The molecule has 0 aliphatic carbocycles. The van der Waals surface area contributed by atoms with E-state index in [4.69, 9.17) is 5.73 Å². The monoisotopic (exact) mass is 211 g/mol. The molecule has 5 heteroatoms. The van der Waals surface area contributed by atoms with Crippen molar-refractivity contribution in [3.05, 3.63) is 28.7 Å². The van der Waals surface area contributed by atoms with Gasteiger partial charge in [0.1, 0.15) is 10.7 Å². The maximum Gasteiger partial charge on any atom is 0.273 e. The smallest absolute Gasteiger partial charge is 0.273 e. The van der Waals surface area contributed by atoms with Crippen molar-refractivity contribution in [2.24, 2.45) is 5.73 Å². The quantitative estimate of drug-likeness (QED) is 0.751. The van der Waals surface area contributed by atoms with Crippen molar-refractivity contribution in [2.45, 2.75) is 6.54 Å². The molecule has 4 nitrogen and oxygen atoms in total. The number of likely N-dealkylation sites (N-methyl/N-ethyl adjacent to an activating group) is 1. The molecule has 1 aromatic heterocycles. The highest BCUT2D eigenvalue weighted by molar-refractivity contribution is 7.09. The van der Waals surface area contributed by atoms with E-state index in [1.807, 2.05) is 0 Å². The highest BCUT2D eigenvalue weighted by atomic mass is 32.1. The van der Waals surface area contributed by atoms with Crippen molar-refractivity contribution in [2.75, 3.05) is 13.6 Å². The number of thiazole rings is 1. The van der Waals surface area contributed by atoms with Gasteiger partial charge in [0, 0.05) is 25.5 Å². The summed E-state index contributed by atoms with van der Waals surface area (Å²) in [4.78, 5) is 17.3. The summed E-state index contributed by atoms with van der Waals surface area (Å²) in [6.45, 7) is 4.47. The fourth-order valence-electron chi connectivity index (χ4n) is 0.975. The van der Waals surface area contributed by atoms with Crippen LogP contribution < -0.4 is 5.73 Å².